The summed E-state index contributed by atoms with van der Waals surface area (Å²) < 4.78 is 0. The Kier molecular flexibility index (Phi) is 44.4. The van der Waals surface area contributed by atoms with Gasteiger partial charge in [-0.2, -0.15) is 0 Å². The summed E-state index contributed by atoms with van der Waals surface area (Å²) in [4.78, 5) is 0. The Hall–Kier alpha value is 1.43. The van der Waals surface area contributed by atoms with E-state index in [1.165, 1.54) is 25.0 Å². The van der Waals surface area contributed by atoms with Crippen molar-refractivity contribution in [2.45, 2.75) is 19.8 Å². The molecule has 12 heavy (non-hydrogen) atoms. The standard InChI is InChI=1S/C4H8.2C3H5.2Y/c1-4-2-3-4;2*1-3-2;;/h4H,2-3H2,1H3;2*3H,1-2H2;;/q;-1;+1;;. The summed E-state index contributed by atoms with van der Waals surface area (Å²) in [5, 5.41) is 0. The Bertz CT molecular complexity index is 69.9. The zero-order chi connectivity index (χ0) is 8.41. The minimum atomic E-state index is 0. The van der Waals surface area contributed by atoms with Gasteiger partial charge in [0.1, 0.15) is 0 Å². The average molecular weight is 316 g/mol. The fourth-order valence-corrected chi connectivity index (χ4v) is 0.167. The Balaban J connectivity index is -0.0000000378. The molecule has 0 spiro atoms. The molecule has 2 radical (unpaired) electrons. The van der Waals surface area contributed by atoms with Crippen LogP contribution in [0.25, 0.3) is 0 Å². The molecule has 2 heteroatoms. The van der Waals surface area contributed by atoms with E-state index in [2.05, 4.69) is 33.9 Å². The van der Waals surface area contributed by atoms with Crippen LogP contribution in [0.1, 0.15) is 19.8 Å². The van der Waals surface area contributed by atoms with E-state index < -0.39 is 0 Å². The molecular formula is C10H18Y2. The SMILES string of the molecule is C=C[CH2+].C=C[CH2-].CC1CC1.[Y].[Y]. The van der Waals surface area contributed by atoms with Crippen LogP contribution in [-0.4, -0.2) is 0 Å². The maximum absolute atomic E-state index is 3.25. The van der Waals surface area contributed by atoms with Crippen LogP contribution < -0.4 is 0 Å². The molecule has 0 saturated heterocycles. The molecule has 0 aliphatic heterocycles. The topological polar surface area (TPSA) is 0 Å². The summed E-state index contributed by atoms with van der Waals surface area (Å²) in [5.74, 6) is 1.08. The van der Waals surface area contributed by atoms with Gasteiger partial charge < -0.3 is 0 Å². The molecule has 1 fully saturated rings. The van der Waals surface area contributed by atoms with Crippen molar-refractivity contribution in [1.29, 1.82) is 0 Å². The van der Waals surface area contributed by atoms with Crippen LogP contribution in [0.3, 0.4) is 0 Å². The van der Waals surface area contributed by atoms with E-state index in [4.69, 9.17) is 0 Å². The third kappa shape index (κ3) is 63.4. The first-order chi connectivity index (χ1) is 4.72. The van der Waals surface area contributed by atoms with E-state index in [1.54, 1.807) is 0 Å². The van der Waals surface area contributed by atoms with Gasteiger partial charge in [0.05, 0.1) is 6.08 Å². The van der Waals surface area contributed by atoms with Gasteiger partial charge in [-0.15, -0.1) is 0 Å². The molecule has 0 bridgehead atoms. The van der Waals surface area contributed by atoms with Crippen LogP contribution in [0.2, 0.25) is 0 Å². The van der Waals surface area contributed by atoms with E-state index in [0.29, 0.717) is 0 Å². The first-order valence-corrected chi connectivity index (χ1v) is 3.53. The molecular weight excluding hydrogens is 298 g/mol. The molecule has 1 rings (SSSR count). The van der Waals surface area contributed by atoms with Crippen LogP contribution in [-0.2, 0) is 65.4 Å². The van der Waals surface area contributed by atoms with Gasteiger partial charge in [0, 0.05) is 78.9 Å². The van der Waals surface area contributed by atoms with Crippen LogP contribution in [0.5, 0.6) is 0 Å². The average Bonchev–Trinajstić information content (AvgIpc) is 2.55. The van der Waals surface area contributed by atoms with Gasteiger partial charge in [-0.1, -0.05) is 19.8 Å². The second kappa shape index (κ2) is 22.9. The first kappa shape index (κ1) is 23.3. The van der Waals surface area contributed by atoms with Crippen LogP contribution in [0.4, 0.5) is 0 Å². The molecule has 1 aliphatic rings. The first-order valence-electron chi connectivity index (χ1n) is 3.53. The zero-order valence-corrected chi connectivity index (χ0v) is 13.8. The quantitative estimate of drug-likeness (QED) is 0.601. The number of hydrogen-bond acceptors (Lipinski definition) is 0. The van der Waals surface area contributed by atoms with Gasteiger partial charge in [0.25, 0.3) is 0 Å². The molecule has 0 amide bonds. The predicted molar refractivity (Wildman–Crippen MR) is 49.5 cm³/mol. The summed E-state index contributed by atoms with van der Waals surface area (Å²) in [6.45, 7) is 15.3. The third-order valence-electron chi connectivity index (χ3n) is 0.866. The number of rotatable bonds is 0. The molecule has 64 valence electrons. The molecule has 0 aromatic heterocycles. The Labute approximate surface area is 128 Å². The summed E-state index contributed by atoms with van der Waals surface area (Å²) in [5.41, 5.74) is 0. The fraction of sp³-hybridized carbons (Fsp3) is 0.400. The van der Waals surface area contributed by atoms with Crippen molar-refractivity contribution in [3.8, 4) is 0 Å². The second-order valence-corrected chi connectivity index (χ2v) is 2.26. The van der Waals surface area contributed by atoms with E-state index in [9.17, 15) is 0 Å². The van der Waals surface area contributed by atoms with E-state index >= 15 is 0 Å². The zero-order valence-electron chi connectivity index (χ0n) is 8.13. The van der Waals surface area contributed by atoms with Crippen molar-refractivity contribution in [1.82, 2.24) is 0 Å². The maximum atomic E-state index is 3.25. The predicted octanol–water partition coefficient (Wildman–Crippen LogP) is 3.42. The molecule has 0 unspecified atom stereocenters. The normalized spacial score (nSPS) is 10.8. The van der Waals surface area contributed by atoms with Crippen LogP contribution in [0, 0.1) is 19.8 Å². The van der Waals surface area contributed by atoms with Gasteiger partial charge in [-0.25, -0.2) is 19.6 Å². The molecule has 0 aromatic rings. The Morgan fingerprint density at radius 2 is 1.42 bits per heavy atom. The minimum Gasteiger partial charge on any atom is -0.245 e. The monoisotopic (exact) mass is 316 g/mol. The number of allylic oxidation sites excluding steroid dienone is 2. The van der Waals surface area contributed by atoms with Crippen molar-refractivity contribution in [2.24, 2.45) is 5.92 Å². The Morgan fingerprint density at radius 1 is 1.33 bits per heavy atom. The molecule has 0 atom stereocenters. The maximum Gasteiger partial charge on any atom is 0.0835 e. The van der Waals surface area contributed by atoms with E-state index in [0.717, 1.165) is 5.92 Å². The summed E-state index contributed by atoms with van der Waals surface area (Å²) in [6, 6.07) is 0. The molecule has 1 aliphatic carbocycles. The minimum absolute atomic E-state index is 0. The third-order valence-corrected chi connectivity index (χ3v) is 0.866. The largest absolute Gasteiger partial charge is 0.245 e. The van der Waals surface area contributed by atoms with Gasteiger partial charge in [-0.05, 0) is 5.92 Å². The van der Waals surface area contributed by atoms with Gasteiger partial charge in [-0.3, -0.25) is 0 Å². The smallest absolute Gasteiger partial charge is 0.0835 e. The molecule has 1 saturated carbocycles. The second-order valence-electron chi connectivity index (χ2n) is 2.26. The molecule has 0 heterocycles. The van der Waals surface area contributed by atoms with E-state index in [-0.39, 0.29) is 65.4 Å². The number of hydrogen-bond donors (Lipinski definition) is 0. The van der Waals surface area contributed by atoms with Crippen molar-refractivity contribution < 1.29 is 65.4 Å². The molecule has 0 nitrogen and oxygen atoms in total. The van der Waals surface area contributed by atoms with Gasteiger partial charge in [0.15, 0.2) is 0 Å². The van der Waals surface area contributed by atoms with Crippen molar-refractivity contribution in [3.63, 3.8) is 0 Å². The van der Waals surface area contributed by atoms with Gasteiger partial charge in [0.2, 0.25) is 0 Å². The summed E-state index contributed by atoms with van der Waals surface area (Å²) in [6.07, 6.45) is 5.97. The van der Waals surface area contributed by atoms with Crippen molar-refractivity contribution in [3.05, 3.63) is 39.2 Å². The van der Waals surface area contributed by atoms with Crippen LogP contribution in [0.15, 0.2) is 25.3 Å². The fourth-order valence-electron chi connectivity index (χ4n) is 0.167. The molecule has 0 aromatic carbocycles. The van der Waals surface area contributed by atoms with Crippen molar-refractivity contribution >= 4 is 0 Å². The van der Waals surface area contributed by atoms with E-state index in [1.807, 2.05) is 0 Å². The Morgan fingerprint density at radius 3 is 1.42 bits per heavy atom. The summed E-state index contributed by atoms with van der Waals surface area (Å²) in [7, 11) is 0. The summed E-state index contributed by atoms with van der Waals surface area (Å²) >= 11 is 0. The van der Waals surface area contributed by atoms with Gasteiger partial charge >= 0.3 is 0 Å². The van der Waals surface area contributed by atoms with Crippen LogP contribution >= 0.6 is 0 Å². The van der Waals surface area contributed by atoms with Crippen molar-refractivity contribution in [2.75, 3.05) is 0 Å². The molecule has 0 N–H and O–H groups in total.